The van der Waals surface area contributed by atoms with E-state index in [1.165, 1.54) is 25.9 Å². The first kappa shape index (κ1) is 14.2. The van der Waals surface area contributed by atoms with E-state index in [1.54, 1.807) is 0 Å². The van der Waals surface area contributed by atoms with E-state index in [0.717, 1.165) is 23.9 Å². The molecule has 1 aliphatic heterocycles. The van der Waals surface area contributed by atoms with E-state index in [1.807, 2.05) is 13.0 Å². The van der Waals surface area contributed by atoms with E-state index in [2.05, 4.69) is 33.7 Å². The van der Waals surface area contributed by atoms with Crippen molar-refractivity contribution in [1.82, 2.24) is 14.9 Å². The maximum Gasteiger partial charge on any atom is 0.225 e. The molecule has 1 aliphatic rings. The van der Waals surface area contributed by atoms with E-state index >= 15 is 0 Å². The van der Waals surface area contributed by atoms with Crippen LogP contribution in [0.25, 0.3) is 0 Å². The molecule has 0 atom stereocenters. The highest BCUT2D eigenvalue weighted by molar-refractivity contribution is 5.33. The van der Waals surface area contributed by atoms with E-state index in [0.29, 0.717) is 12.6 Å². The molecule has 2 rings (SSSR count). The molecule has 1 saturated heterocycles. The van der Waals surface area contributed by atoms with Crippen LogP contribution in [0, 0.1) is 6.92 Å². The lowest BCUT2D eigenvalue weighted by Crippen LogP contribution is -2.44. The average Bonchev–Trinajstić information content (AvgIpc) is 2.46. The standard InChI is InChI=1S/C14H25N5/c1-4-19-7-5-13(6-8-19)18(3)14-16-11(2)9-12(10-15)17-14/h9,13H,4-8,10,15H2,1-3H3. The molecule has 19 heavy (non-hydrogen) atoms. The second-order valence-electron chi connectivity index (χ2n) is 5.28. The third-order valence-corrected chi connectivity index (χ3v) is 3.97. The summed E-state index contributed by atoms with van der Waals surface area (Å²) < 4.78 is 0. The van der Waals surface area contributed by atoms with Crippen LogP contribution in [0.3, 0.4) is 0 Å². The molecule has 0 aromatic carbocycles. The maximum absolute atomic E-state index is 5.69. The SMILES string of the molecule is CCN1CCC(N(C)c2nc(C)cc(CN)n2)CC1. The second-order valence-corrected chi connectivity index (χ2v) is 5.28. The number of aromatic nitrogens is 2. The molecule has 106 valence electrons. The summed E-state index contributed by atoms with van der Waals surface area (Å²) >= 11 is 0. The molecule has 2 heterocycles. The van der Waals surface area contributed by atoms with E-state index < -0.39 is 0 Å². The van der Waals surface area contributed by atoms with Gasteiger partial charge in [0.15, 0.2) is 0 Å². The van der Waals surface area contributed by atoms with Crippen molar-refractivity contribution in [3.63, 3.8) is 0 Å². The van der Waals surface area contributed by atoms with Crippen molar-refractivity contribution in [3.8, 4) is 0 Å². The molecule has 2 N–H and O–H groups in total. The Morgan fingerprint density at radius 2 is 2.05 bits per heavy atom. The Hall–Kier alpha value is -1.20. The molecule has 5 nitrogen and oxygen atoms in total. The van der Waals surface area contributed by atoms with Gasteiger partial charge in [-0.05, 0) is 32.4 Å². The number of anilines is 1. The fourth-order valence-electron chi connectivity index (χ4n) is 2.67. The zero-order chi connectivity index (χ0) is 13.8. The smallest absolute Gasteiger partial charge is 0.225 e. The Morgan fingerprint density at radius 1 is 1.37 bits per heavy atom. The van der Waals surface area contributed by atoms with Gasteiger partial charge in [0, 0.05) is 38.4 Å². The number of hydrogen-bond acceptors (Lipinski definition) is 5. The molecule has 0 amide bonds. The highest BCUT2D eigenvalue weighted by atomic mass is 15.3. The van der Waals surface area contributed by atoms with Crippen LogP contribution in [0.1, 0.15) is 31.2 Å². The predicted molar refractivity (Wildman–Crippen MR) is 78.2 cm³/mol. The van der Waals surface area contributed by atoms with Gasteiger partial charge in [-0.3, -0.25) is 0 Å². The van der Waals surface area contributed by atoms with Crippen LogP contribution in [-0.2, 0) is 6.54 Å². The molecule has 1 fully saturated rings. The lowest BCUT2D eigenvalue weighted by Gasteiger charge is -2.36. The van der Waals surface area contributed by atoms with Crippen molar-refractivity contribution in [2.45, 2.75) is 39.3 Å². The zero-order valence-electron chi connectivity index (χ0n) is 12.3. The lowest BCUT2D eigenvalue weighted by atomic mass is 10.0. The third-order valence-electron chi connectivity index (χ3n) is 3.97. The Morgan fingerprint density at radius 3 is 2.63 bits per heavy atom. The minimum Gasteiger partial charge on any atom is -0.341 e. The molecule has 1 aromatic rings. The van der Waals surface area contributed by atoms with E-state index in [4.69, 9.17) is 5.73 Å². The summed E-state index contributed by atoms with van der Waals surface area (Å²) in [7, 11) is 2.10. The number of likely N-dealkylation sites (tertiary alicyclic amines) is 1. The molecule has 0 spiro atoms. The first-order valence-corrected chi connectivity index (χ1v) is 7.13. The highest BCUT2D eigenvalue weighted by Gasteiger charge is 2.23. The molecule has 0 radical (unpaired) electrons. The van der Waals surface area contributed by atoms with Crippen molar-refractivity contribution >= 4 is 5.95 Å². The largest absolute Gasteiger partial charge is 0.341 e. The molecule has 0 bridgehead atoms. The predicted octanol–water partition coefficient (Wildman–Crippen LogP) is 1.16. The van der Waals surface area contributed by atoms with Crippen LogP contribution in [0.15, 0.2) is 6.07 Å². The summed E-state index contributed by atoms with van der Waals surface area (Å²) in [4.78, 5) is 13.8. The van der Waals surface area contributed by atoms with E-state index in [-0.39, 0.29) is 0 Å². The van der Waals surface area contributed by atoms with Crippen molar-refractivity contribution in [3.05, 3.63) is 17.5 Å². The molecule has 5 heteroatoms. The fraction of sp³-hybridized carbons (Fsp3) is 0.714. The third kappa shape index (κ3) is 3.42. The van der Waals surface area contributed by atoms with Crippen molar-refractivity contribution in [2.24, 2.45) is 5.73 Å². The lowest BCUT2D eigenvalue weighted by molar-refractivity contribution is 0.220. The Kier molecular flexibility index (Phi) is 4.71. The first-order chi connectivity index (χ1) is 9.13. The molecular weight excluding hydrogens is 238 g/mol. The molecule has 1 aromatic heterocycles. The summed E-state index contributed by atoms with van der Waals surface area (Å²) in [5, 5.41) is 0. The minimum absolute atomic E-state index is 0.471. The van der Waals surface area contributed by atoms with Gasteiger partial charge in [-0.2, -0.15) is 0 Å². The average molecular weight is 263 g/mol. The molecule has 0 unspecified atom stereocenters. The van der Waals surface area contributed by atoms with Gasteiger partial charge >= 0.3 is 0 Å². The minimum atomic E-state index is 0.471. The Balaban J connectivity index is 2.07. The zero-order valence-corrected chi connectivity index (χ0v) is 12.3. The van der Waals surface area contributed by atoms with Gasteiger partial charge < -0.3 is 15.5 Å². The summed E-state index contributed by atoms with van der Waals surface area (Å²) in [6.07, 6.45) is 2.36. The van der Waals surface area contributed by atoms with Crippen molar-refractivity contribution in [2.75, 3.05) is 31.6 Å². The summed E-state index contributed by atoms with van der Waals surface area (Å²) in [6.45, 7) is 8.18. The van der Waals surface area contributed by atoms with Crippen molar-refractivity contribution < 1.29 is 0 Å². The number of nitrogens with zero attached hydrogens (tertiary/aromatic N) is 4. The van der Waals surface area contributed by atoms with Gasteiger partial charge in [0.25, 0.3) is 0 Å². The number of nitrogens with two attached hydrogens (primary N) is 1. The number of aryl methyl sites for hydroxylation is 1. The van der Waals surface area contributed by atoms with Gasteiger partial charge in [0.1, 0.15) is 0 Å². The first-order valence-electron chi connectivity index (χ1n) is 7.13. The van der Waals surface area contributed by atoms with Crippen LogP contribution in [0.2, 0.25) is 0 Å². The topological polar surface area (TPSA) is 58.3 Å². The maximum atomic E-state index is 5.69. The Bertz CT molecular complexity index is 412. The van der Waals surface area contributed by atoms with Crippen LogP contribution in [-0.4, -0.2) is 47.6 Å². The van der Waals surface area contributed by atoms with E-state index in [9.17, 15) is 0 Å². The van der Waals surface area contributed by atoms with Gasteiger partial charge in [0.2, 0.25) is 5.95 Å². The normalized spacial score (nSPS) is 17.7. The Labute approximate surface area is 115 Å². The number of hydrogen-bond donors (Lipinski definition) is 1. The summed E-state index contributed by atoms with van der Waals surface area (Å²) in [5.74, 6) is 0.815. The van der Waals surface area contributed by atoms with Crippen molar-refractivity contribution in [1.29, 1.82) is 0 Å². The monoisotopic (exact) mass is 263 g/mol. The number of piperidine rings is 1. The van der Waals surface area contributed by atoms with Gasteiger partial charge in [-0.25, -0.2) is 9.97 Å². The highest BCUT2D eigenvalue weighted by Crippen LogP contribution is 2.19. The van der Waals surface area contributed by atoms with Gasteiger partial charge in [-0.1, -0.05) is 6.92 Å². The van der Waals surface area contributed by atoms with Gasteiger partial charge in [-0.15, -0.1) is 0 Å². The van der Waals surface area contributed by atoms with Crippen LogP contribution in [0.4, 0.5) is 5.95 Å². The molecule has 0 saturated carbocycles. The van der Waals surface area contributed by atoms with Gasteiger partial charge in [0.05, 0.1) is 5.69 Å². The number of rotatable bonds is 4. The molecule has 0 aliphatic carbocycles. The quantitative estimate of drug-likeness (QED) is 0.883. The second kappa shape index (κ2) is 6.30. The summed E-state index contributed by atoms with van der Waals surface area (Å²) in [5.41, 5.74) is 7.59. The van der Waals surface area contributed by atoms with Crippen LogP contribution < -0.4 is 10.6 Å². The molecular formula is C14H25N5. The van der Waals surface area contributed by atoms with Crippen LogP contribution in [0.5, 0.6) is 0 Å². The fourth-order valence-corrected chi connectivity index (χ4v) is 2.67. The van der Waals surface area contributed by atoms with Crippen LogP contribution >= 0.6 is 0 Å². The summed E-state index contributed by atoms with van der Waals surface area (Å²) in [6, 6.07) is 2.49.